The van der Waals surface area contributed by atoms with Crippen molar-refractivity contribution >= 4 is 11.6 Å². The van der Waals surface area contributed by atoms with Crippen molar-refractivity contribution in [3.8, 4) is 17.2 Å². The van der Waals surface area contributed by atoms with Crippen LogP contribution in [0.5, 0.6) is 17.2 Å². The van der Waals surface area contributed by atoms with Crippen molar-refractivity contribution in [1.29, 1.82) is 0 Å². The molecule has 0 bridgehead atoms. The Morgan fingerprint density at radius 1 is 1.15 bits per heavy atom. The van der Waals surface area contributed by atoms with E-state index in [4.69, 9.17) is 14.2 Å². The van der Waals surface area contributed by atoms with Crippen molar-refractivity contribution in [3.63, 3.8) is 0 Å². The fourth-order valence-corrected chi connectivity index (χ4v) is 2.43. The standard InChI is InChI=1S/C21H26N2O4/c1-6-26-17-8-10-18(11-9-17)27-16(4)21(24)23-22-15(3)19-13-14(2)7-12-20(19)25-5/h7-13,16H,6H2,1-5H3,(H,23,24)/b22-15-/t16-/m1/s1. The summed E-state index contributed by atoms with van der Waals surface area (Å²) >= 11 is 0. The van der Waals surface area contributed by atoms with Crippen LogP contribution in [0.2, 0.25) is 0 Å². The van der Waals surface area contributed by atoms with Crippen LogP contribution in [-0.4, -0.2) is 31.4 Å². The lowest BCUT2D eigenvalue weighted by Gasteiger charge is -2.14. The molecule has 0 radical (unpaired) electrons. The molecule has 6 heteroatoms. The van der Waals surface area contributed by atoms with E-state index in [0.29, 0.717) is 23.8 Å². The number of benzene rings is 2. The molecule has 1 N–H and O–H groups in total. The van der Waals surface area contributed by atoms with Crippen LogP contribution in [-0.2, 0) is 4.79 Å². The Morgan fingerprint density at radius 2 is 1.81 bits per heavy atom. The zero-order valence-electron chi connectivity index (χ0n) is 16.4. The number of aryl methyl sites for hydroxylation is 1. The van der Waals surface area contributed by atoms with Gasteiger partial charge in [-0.1, -0.05) is 11.6 Å². The van der Waals surface area contributed by atoms with Crippen molar-refractivity contribution in [1.82, 2.24) is 5.43 Å². The summed E-state index contributed by atoms with van der Waals surface area (Å²) in [5, 5.41) is 4.18. The lowest BCUT2D eigenvalue weighted by atomic mass is 10.1. The van der Waals surface area contributed by atoms with Crippen molar-refractivity contribution < 1.29 is 19.0 Å². The Morgan fingerprint density at radius 3 is 2.44 bits per heavy atom. The van der Waals surface area contributed by atoms with E-state index in [-0.39, 0.29) is 5.91 Å². The van der Waals surface area contributed by atoms with Gasteiger partial charge in [0.1, 0.15) is 17.2 Å². The minimum Gasteiger partial charge on any atom is -0.496 e. The van der Waals surface area contributed by atoms with Gasteiger partial charge >= 0.3 is 0 Å². The quantitative estimate of drug-likeness (QED) is 0.568. The first-order valence-corrected chi connectivity index (χ1v) is 8.83. The lowest BCUT2D eigenvalue weighted by molar-refractivity contribution is -0.127. The zero-order chi connectivity index (χ0) is 19.8. The maximum absolute atomic E-state index is 12.3. The number of ether oxygens (including phenoxy) is 3. The smallest absolute Gasteiger partial charge is 0.280 e. The summed E-state index contributed by atoms with van der Waals surface area (Å²) in [5.74, 6) is 1.71. The molecule has 2 rings (SSSR count). The van der Waals surface area contributed by atoms with E-state index in [9.17, 15) is 4.79 Å². The van der Waals surface area contributed by atoms with Crippen LogP contribution in [0.1, 0.15) is 31.9 Å². The largest absolute Gasteiger partial charge is 0.496 e. The highest BCUT2D eigenvalue weighted by atomic mass is 16.5. The second kappa shape index (κ2) is 9.62. The SMILES string of the molecule is CCOc1ccc(O[C@H](C)C(=O)N/N=C(/C)c2cc(C)ccc2OC)cc1. The van der Waals surface area contributed by atoms with Gasteiger partial charge in [0.15, 0.2) is 6.10 Å². The van der Waals surface area contributed by atoms with Crippen LogP contribution in [0.15, 0.2) is 47.6 Å². The molecular formula is C21H26N2O4. The van der Waals surface area contributed by atoms with E-state index < -0.39 is 6.10 Å². The first-order chi connectivity index (χ1) is 12.9. The summed E-state index contributed by atoms with van der Waals surface area (Å²) in [6, 6.07) is 12.9. The van der Waals surface area contributed by atoms with E-state index in [1.54, 1.807) is 38.3 Å². The fourth-order valence-electron chi connectivity index (χ4n) is 2.43. The third-order valence-corrected chi connectivity index (χ3v) is 3.90. The molecule has 0 aliphatic carbocycles. The van der Waals surface area contributed by atoms with Crippen molar-refractivity contribution in [2.45, 2.75) is 33.8 Å². The Bertz CT molecular complexity index is 800. The predicted octanol–water partition coefficient (Wildman–Crippen LogP) is 3.71. The molecule has 0 aliphatic rings. The van der Waals surface area contributed by atoms with Gasteiger partial charge in [-0.15, -0.1) is 0 Å². The number of carbonyl (C=O) groups is 1. The molecule has 144 valence electrons. The van der Waals surface area contributed by atoms with Gasteiger partial charge in [0.25, 0.3) is 5.91 Å². The third kappa shape index (κ3) is 5.74. The van der Waals surface area contributed by atoms with Gasteiger partial charge < -0.3 is 14.2 Å². The maximum atomic E-state index is 12.3. The van der Waals surface area contributed by atoms with Gasteiger partial charge in [-0.3, -0.25) is 4.79 Å². The number of hydrazone groups is 1. The molecule has 2 aromatic carbocycles. The number of hydrogen-bond acceptors (Lipinski definition) is 5. The average Bonchev–Trinajstić information content (AvgIpc) is 2.67. The van der Waals surface area contributed by atoms with Crippen LogP contribution < -0.4 is 19.6 Å². The van der Waals surface area contributed by atoms with Crippen LogP contribution in [0, 0.1) is 6.92 Å². The van der Waals surface area contributed by atoms with Crippen LogP contribution in [0.4, 0.5) is 0 Å². The minimum atomic E-state index is -0.695. The highest BCUT2D eigenvalue weighted by molar-refractivity contribution is 6.01. The average molecular weight is 370 g/mol. The summed E-state index contributed by atoms with van der Waals surface area (Å²) in [6.45, 7) is 7.99. The number of rotatable bonds is 8. The van der Waals surface area contributed by atoms with Crippen molar-refractivity contribution in [2.75, 3.05) is 13.7 Å². The van der Waals surface area contributed by atoms with Gasteiger partial charge in [-0.05, 0) is 64.1 Å². The van der Waals surface area contributed by atoms with Crippen molar-refractivity contribution in [2.24, 2.45) is 5.10 Å². The second-order valence-corrected chi connectivity index (χ2v) is 6.04. The Hall–Kier alpha value is -3.02. The maximum Gasteiger partial charge on any atom is 0.280 e. The minimum absolute atomic E-state index is 0.338. The molecule has 0 aromatic heterocycles. The summed E-state index contributed by atoms with van der Waals surface area (Å²) in [7, 11) is 1.60. The number of nitrogens with zero attached hydrogens (tertiary/aromatic N) is 1. The summed E-state index contributed by atoms with van der Waals surface area (Å²) in [6.07, 6.45) is -0.695. The van der Waals surface area contributed by atoms with Gasteiger partial charge in [-0.2, -0.15) is 5.10 Å². The van der Waals surface area contributed by atoms with E-state index in [1.165, 1.54) is 0 Å². The highest BCUT2D eigenvalue weighted by Crippen LogP contribution is 2.21. The molecule has 0 aliphatic heterocycles. The Kier molecular flexibility index (Phi) is 7.23. The summed E-state index contributed by atoms with van der Waals surface area (Å²) < 4.78 is 16.4. The monoisotopic (exact) mass is 370 g/mol. The molecule has 0 fully saturated rings. The molecule has 1 atom stereocenters. The molecular weight excluding hydrogens is 344 g/mol. The molecule has 0 saturated carbocycles. The lowest BCUT2D eigenvalue weighted by Crippen LogP contribution is -2.34. The van der Waals surface area contributed by atoms with Crippen molar-refractivity contribution in [3.05, 3.63) is 53.6 Å². The normalized spacial score (nSPS) is 12.3. The third-order valence-electron chi connectivity index (χ3n) is 3.90. The fraction of sp³-hybridized carbons (Fsp3) is 0.333. The van der Waals surface area contributed by atoms with Crippen LogP contribution >= 0.6 is 0 Å². The molecule has 6 nitrogen and oxygen atoms in total. The number of nitrogens with one attached hydrogen (secondary N) is 1. The molecule has 0 saturated heterocycles. The van der Waals surface area contributed by atoms with E-state index >= 15 is 0 Å². The molecule has 0 unspecified atom stereocenters. The highest BCUT2D eigenvalue weighted by Gasteiger charge is 2.15. The zero-order valence-corrected chi connectivity index (χ0v) is 16.4. The van der Waals surface area contributed by atoms with Gasteiger partial charge in [0, 0.05) is 5.56 Å². The topological polar surface area (TPSA) is 69.2 Å². The van der Waals surface area contributed by atoms with Gasteiger partial charge in [0.2, 0.25) is 0 Å². The van der Waals surface area contributed by atoms with Crippen LogP contribution in [0.25, 0.3) is 0 Å². The first-order valence-electron chi connectivity index (χ1n) is 8.83. The van der Waals surface area contributed by atoms with Gasteiger partial charge in [-0.25, -0.2) is 5.43 Å². The van der Waals surface area contributed by atoms with E-state index in [1.807, 2.05) is 39.0 Å². The van der Waals surface area contributed by atoms with E-state index in [2.05, 4.69) is 10.5 Å². The van der Waals surface area contributed by atoms with Crippen LogP contribution in [0.3, 0.4) is 0 Å². The molecule has 2 aromatic rings. The molecule has 0 heterocycles. The number of methoxy groups -OCH3 is 1. The molecule has 0 spiro atoms. The summed E-state index contributed by atoms with van der Waals surface area (Å²) in [4.78, 5) is 12.3. The predicted molar refractivity (Wildman–Crippen MR) is 106 cm³/mol. The number of amides is 1. The second-order valence-electron chi connectivity index (χ2n) is 6.04. The van der Waals surface area contributed by atoms with E-state index in [0.717, 1.165) is 16.9 Å². The Labute approximate surface area is 160 Å². The number of hydrogen-bond donors (Lipinski definition) is 1. The Balaban J connectivity index is 1.99. The first kappa shape index (κ1) is 20.3. The molecule has 27 heavy (non-hydrogen) atoms. The summed E-state index contributed by atoms with van der Waals surface area (Å²) in [5.41, 5.74) is 5.11. The van der Waals surface area contributed by atoms with Gasteiger partial charge in [0.05, 0.1) is 19.4 Å². The number of carbonyl (C=O) groups excluding carboxylic acids is 1. The molecule has 1 amide bonds.